The van der Waals surface area contributed by atoms with E-state index in [1.165, 1.54) is 11.8 Å². The van der Waals surface area contributed by atoms with Gasteiger partial charge in [-0.1, -0.05) is 11.8 Å². The molecule has 2 aromatic rings. The predicted molar refractivity (Wildman–Crippen MR) is 63.6 cm³/mol. The lowest BCUT2D eigenvalue weighted by Gasteiger charge is -2.04. The van der Waals surface area contributed by atoms with Gasteiger partial charge in [0.1, 0.15) is 10.8 Å². The van der Waals surface area contributed by atoms with Crippen molar-refractivity contribution in [3.05, 3.63) is 36.8 Å². The molecular weight excluding hydrogens is 222 g/mol. The van der Waals surface area contributed by atoms with Crippen LogP contribution in [0.1, 0.15) is 0 Å². The van der Waals surface area contributed by atoms with Crippen molar-refractivity contribution < 1.29 is 4.74 Å². The van der Waals surface area contributed by atoms with Gasteiger partial charge < -0.3 is 10.5 Å². The Morgan fingerprint density at radius 1 is 1.25 bits per heavy atom. The molecule has 5 heteroatoms. The summed E-state index contributed by atoms with van der Waals surface area (Å²) in [5, 5.41) is 0.874. The molecule has 0 atom stereocenters. The molecule has 0 aliphatic rings. The summed E-state index contributed by atoms with van der Waals surface area (Å²) in [7, 11) is 1.62. The minimum Gasteiger partial charge on any atom is -0.495 e. The second-order valence-corrected chi connectivity index (χ2v) is 4.11. The first kappa shape index (κ1) is 10.8. The van der Waals surface area contributed by atoms with Crippen LogP contribution in [0.2, 0.25) is 0 Å². The molecule has 16 heavy (non-hydrogen) atoms. The molecule has 2 aromatic heterocycles. The van der Waals surface area contributed by atoms with Crippen molar-refractivity contribution in [1.29, 1.82) is 0 Å². The lowest BCUT2D eigenvalue weighted by atomic mass is 10.4. The molecule has 0 radical (unpaired) electrons. The van der Waals surface area contributed by atoms with Crippen molar-refractivity contribution in [2.24, 2.45) is 0 Å². The summed E-state index contributed by atoms with van der Waals surface area (Å²) in [6.07, 6.45) is 5.02. The van der Waals surface area contributed by atoms with Crippen molar-refractivity contribution in [2.45, 2.75) is 9.92 Å². The highest BCUT2D eigenvalue weighted by atomic mass is 32.2. The number of methoxy groups -OCH3 is 1. The van der Waals surface area contributed by atoms with Gasteiger partial charge in [0.15, 0.2) is 0 Å². The number of pyridine rings is 2. The Labute approximate surface area is 97.9 Å². The molecule has 0 aromatic carbocycles. The Morgan fingerprint density at radius 2 is 2.12 bits per heavy atom. The third-order valence-electron chi connectivity index (χ3n) is 1.97. The Bertz CT molecular complexity index is 473. The van der Waals surface area contributed by atoms with Crippen molar-refractivity contribution in [1.82, 2.24) is 9.97 Å². The summed E-state index contributed by atoms with van der Waals surface area (Å²) in [5.74, 6) is 0.743. The highest BCUT2D eigenvalue weighted by Crippen LogP contribution is 2.30. The molecule has 0 amide bonds. The second kappa shape index (κ2) is 4.85. The van der Waals surface area contributed by atoms with Crippen LogP contribution >= 0.6 is 11.8 Å². The first-order valence-corrected chi connectivity index (χ1v) is 5.48. The number of rotatable bonds is 3. The Kier molecular flexibility index (Phi) is 3.26. The highest BCUT2D eigenvalue weighted by molar-refractivity contribution is 7.99. The van der Waals surface area contributed by atoms with Crippen molar-refractivity contribution in [3.8, 4) is 5.75 Å². The van der Waals surface area contributed by atoms with Gasteiger partial charge in [0, 0.05) is 11.1 Å². The molecule has 2 rings (SSSR count). The largest absolute Gasteiger partial charge is 0.495 e. The number of hydrogen-bond acceptors (Lipinski definition) is 5. The monoisotopic (exact) mass is 233 g/mol. The quantitative estimate of drug-likeness (QED) is 0.880. The van der Waals surface area contributed by atoms with E-state index in [2.05, 4.69) is 9.97 Å². The molecule has 0 saturated heterocycles. The zero-order valence-electron chi connectivity index (χ0n) is 8.75. The molecule has 0 spiro atoms. The molecule has 0 aliphatic heterocycles. The minimum absolute atomic E-state index is 0.658. The van der Waals surface area contributed by atoms with E-state index in [0.717, 1.165) is 15.7 Å². The Morgan fingerprint density at radius 3 is 2.75 bits per heavy atom. The molecule has 82 valence electrons. The number of nitrogens with zero attached hydrogens (tertiary/aromatic N) is 2. The van der Waals surface area contributed by atoms with E-state index in [1.54, 1.807) is 25.7 Å². The fourth-order valence-corrected chi connectivity index (χ4v) is 1.91. The predicted octanol–water partition coefficient (Wildman–Crippen LogP) is 2.22. The van der Waals surface area contributed by atoms with Crippen LogP contribution in [0.4, 0.5) is 5.69 Å². The van der Waals surface area contributed by atoms with Crippen LogP contribution in [0.3, 0.4) is 0 Å². The third kappa shape index (κ3) is 2.43. The maximum atomic E-state index is 5.79. The fraction of sp³-hybridized carbons (Fsp3) is 0.0909. The van der Waals surface area contributed by atoms with Gasteiger partial charge in [-0.05, 0) is 18.2 Å². The minimum atomic E-state index is 0.658. The molecule has 2 heterocycles. The second-order valence-electron chi connectivity index (χ2n) is 3.05. The SMILES string of the molecule is COc1ccc(Sc2ccncc2N)nc1. The van der Waals surface area contributed by atoms with Crippen molar-refractivity contribution in [2.75, 3.05) is 12.8 Å². The smallest absolute Gasteiger partial charge is 0.137 e. The first-order valence-electron chi connectivity index (χ1n) is 4.67. The standard InChI is InChI=1S/C11H11N3OS/c1-15-8-2-3-11(14-6-8)16-10-4-5-13-7-9(10)12/h2-7H,12H2,1H3. The van der Waals surface area contributed by atoms with Crippen LogP contribution in [0, 0.1) is 0 Å². The van der Waals surface area contributed by atoms with E-state index in [9.17, 15) is 0 Å². The molecular formula is C11H11N3OS. The van der Waals surface area contributed by atoms with Gasteiger partial charge in [-0.15, -0.1) is 0 Å². The van der Waals surface area contributed by atoms with Crippen molar-refractivity contribution in [3.63, 3.8) is 0 Å². The maximum Gasteiger partial charge on any atom is 0.137 e. The van der Waals surface area contributed by atoms with Crippen LogP contribution < -0.4 is 10.5 Å². The molecule has 0 aliphatic carbocycles. The van der Waals surface area contributed by atoms with E-state index < -0.39 is 0 Å². The third-order valence-corrected chi connectivity index (χ3v) is 3.01. The summed E-state index contributed by atoms with van der Waals surface area (Å²) in [6, 6.07) is 5.63. The normalized spacial score (nSPS) is 10.1. The van der Waals surface area contributed by atoms with Gasteiger partial charge >= 0.3 is 0 Å². The van der Waals surface area contributed by atoms with Gasteiger partial charge in [0.2, 0.25) is 0 Å². The molecule has 0 bridgehead atoms. The lowest BCUT2D eigenvalue weighted by Crippen LogP contribution is -1.90. The topological polar surface area (TPSA) is 61.0 Å². The summed E-state index contributed by atoms with van der Waals surface area (Å²) < 4.78 is 5.04. The van der Waals surface area contributed by atoms with E-state index in [1.807, 2.05) is 18.2 Å². The van der Waals surface area contributed by atoms with Gasteiger partial charge in [-0.3, -0.25) is 4.98 Å². The van der Waals surface area contributed by atoms with Crippen LogP contribution in [0.25, 0.3) is 0 Å². The molecule has 2 N–H and O–H groups in total. The maximum absolute atomic E-state index is 5.79. The van der Waals surface area contributed by atoms with Gasteiger partial charge in [-0.25, -0.2) is 4.98 Å². The van der Waals surface area contributed by atoms with Crippen LogP contribution in [-0.4, -0.2) is 17.1 Å². The van der Waals surface area contributed by atoms with Crippen molar-refractivity contribution >= 4 is 17.4 Å². The number of anilines is 1. The van der Waals surface area contributed by atoms with Crippen LogP contribution in [-0.2, 0) is 0 Å². The van der Waals surface area contributed by atoms with E-state index in [-0.39, 0.29) is 0 Å². The number of aromatic nitrogens is 2. The first-order chi connectivity index (χ1) is 7.79. The number of nitrogens with two attached hydrogens (primary N) is 1. The molecule has 0 saturated carbocycles. The number of hydrogen-bond donors (Lipinski definition) is 1. The van der Waals surface area contributed by atoms with Gasteiger partial charge in [0.25, 0.3) is 0 Å². The summed E-state index contributed by atoms with van der Waals surface area (Å²) in [5.41, 5.74) is 6.45. The summed E-state index contributed by atoms with van der Waals surface area (Å²) in [6.45, 7) is 0. The summed E-state index contributed by atoms with van der Waals surface area (Å²) >= 11 is 1.50. The zero-order valence-corrected chi connectivity index (χ0v) is 9.57. The lowest BCUT2D eigenvalue weighted by molar-refractivity contribution is 0.412. The summed E-state index contributed by atoms with van der Waals surface area (Å²) in [4.78, 5) is 9.13. The Balaban J connectivity index is 2.18. The molecule has 0 fully saturated rings. The fourth-order valence-electron chi connectivity index (χ4n) is 1.15. The number of nitrogen functional groups attached to an aromatic ring is 1. The average Bonchev–Trinajstić information content (AvgIpc) is 2.33. The van der Waals surface area contributed by atoms with Gasteiger partial charge in [0.05, 0.1) is 25.2 Å². The number of ether oxygens (including phenoxy) is 1. The van der Waals surface area contributed by atoms with E-state index in [4.69, 9.17) is 10.5 Å². The Hall–Kier alpha value is -1.75. The highest BCUT2D eigenvalue weighted by Gasteiger charge is 2.02. The van der Waals surface area contributed by atoms with Crippen LogP contribution in [0.5, 0.6) is 5.75 Å². The average molecular weight is 233 g/mol. The zero-order chi connectivity index (χ0) is 11.4. The molecule has 0 unspecified atom stereocenters. The van der Waals surface area contributed by atoms with E-state index in [0.29, 0.717) is 5.69 Å². The van der Waals surface area contributed by atoms with Gasteiger partial charge in [-0.2, -0.15) is 0 Å². The van der Waals surface area contributed by atoms with Crippen LogP contribution in [0.15, 0.2) is 46.7 Å². The molecule has 4 nitrogen and oxygen atoms in total. The van der Waals surface area contributed by atoms with E-state index >= 15 is 0 Å².